The summed E-state index contributed by atoms with van der Waals surface area (Å²) in [4.78, 5) is 48.8. The fourth-order valence-corrected chi connectivity index (χ4v) is 10.9. The zero-order valence-corrected chi connectivity index (χ0v) is 39.2. The molecule has 0 unspecified atom stereocenters. The maximum Gasteiger partial charge on any atom is 0.314 e. The van der Waals surface area contributed by atoms with E-state index in [1.165, 1.54) is 4.88 Å². The third-order valence-electron chi connectivity index (χ3n) is 12.1. The van der Waals surface area contributed by atoms with E-state index in [4.69, 9.17) is 25.1 Å². The molecule has 5 N–H and O–H groups in total. The molecule has 12 rings (SSSR count). The fourth-order valence-electron chi connectivity index (χ4n) is 8.96. The Balaban J connectivity index is 1.01. The summed E-state index contributed by atoms with van der Waals surface area (Å²) < 4.78 is 2.16. The molecule has 0 radical (unpaired) electrons. The van der Waals surface area contributed by atoms with Gasteiger partial charge in [-0.15, -0.1) is 27.8 Å². The Morgan fingerprint density at radius 3 is 2.22 bits per heavy atom. The van der Waals surface area contributed by atoms with Crippen LogP contribution in [0.25, 0.3) is 116 Å². The number of carbonyl (C=O) groups excluding carboxylic acids is 1. The first-order valence-corrected chi connectivity index (χ1v) is 23.9. The number of hydrogen-bond donors (Lipinski definition) is 5. The Kier molecular flexibility index (Phi) is 9.88. The van der Waals surface area contributed by atoms with Crippen LogP contribution in [0.2, 0.25) is 0 Å². The Hall–Kier alpha value is -8.21. The van der Waals surface area contributed by atoms with Crippen LogP contribution in [0.15, 0.2) is 116 Å². The first kappa shape index (κ1) is 41.2. The average Bonchev–Trinajstić information content (AvgIpc) is 4.20. The number of imidazole rings is 2. The number of H-pyrrole nitrogens is 4. The maximum absolute atomic E-state index is 12.9. The Morgan fingerprint density at radius 2 is 1.46 bits per heavy atom. The SMILES string of the molecule is Cc1ccc(-c2cccc3[nH]c(-c4n[nH]c5c4cc(-c4cncc(NC(=O)CC(C)C)c4)c[n+]5-c4cc(C)sc4-c4cccc5[nH]c(-c6n[nH]c7ncc(-c8cnccc8C)cc67)nc45)nc23)s1. The second-order valence-electron chi connectivity index (χ2n) is 17.5. The molecule has 0 spiro atoms. The number of thiophene rings is 2. The lowest BCUT2D eigenvalue weighted by Crippen LogP contribution is -2.32. The lowest BCUT2D eigenvalue weighted by atomic mass is 10.0. The van der Waals surface area contributed by atoms with Gasteiger partial charge in [-0.1, -0.05) is 43.2 Å². The number of aromatic amines is 4. The van der Waals surface area contributed by atoms with E-state index in [2.05, 4.69) is 128 Å². The molecule has 10 heterocycles. The van der Waals surface area contributed by atoms with Crippen LogP contribution in [0, 0.1) is 26.7 Å². The van der Waals surface area contributed by atoms with E-state index < -0.39 is 0 Å². The molecule has 0 bridgehead atoms. The number of amides is 1. The van der Waals surface area contributed by atoms with E-state index in [0.717, 1.165) is 97.7 Å². The molecule has 2 aromatic carbocycles. The molecule has 0 aliphatic rings. The van der Waals surface area contributed by atoms with Gasteiger partial charge in [-0.2, -0.15) is 9.67 Å². The number of nitrogens with one attached hydrogen (secondary N) is 5. The van der Waals surface area contributed by atoms with Crippen molar-refractivity contribution in [3.63, 3.8) is 0 Å². The number of para-hydroxylation sites is 2. The molecule has 68 heavy (non-hydrogen) atoms. The summed E-state index contributed by atoms with van der Waals surface area (Å²) in [6.07, 6.45) is 11.5. The highest BCUT2D eigenvalue weighted by Crippen LogP contribution is 2.40. The van der Waals surface area contributed by atoms with Gasteiger partial charge >= 0.3 is 5.65 Å². The maximum atomic E-state index is 12.9. The third kappa shape index (κ3) is 7.21. The predicted octanol–water partition coefficient (Wildman–Crippen LogP) is 11.7. The van der Waals surface area contributed by atoms with Crippen LogP contribution >= 0.6 is 22.7 Å². The molecule has 0 saturated heterocycles. The van der Waals surface area contributed by atoms with Crippen molar-refractivity contribution in [2.24, 2.45) is 5.92 Å². The van der Waals surface area contributed by atoms with Crippen molar-refractivity contribution in [2.75, 3.05) is 5.32 Å². The van der Waals surface area contributed by atoms with Gasteiger partial charge in [0.25, 0.3) is 0 Å². The molecule has 0 aliphatic carbocycles. The van der Waals surface area contributed by atoms with E-state index >= 15 is 0 Å². The van der Waals surface area contributed by atoms with E-state index in [1.807, 2.05) is 50.6 Å². The van der Waals surface area contributed by atoms with Crippen LogP contribution in [-0.4, -0.2) is 61.2 Å². The number of rotatable bonds is 10. The molecule has 0 fully saturated rings. The van der Waals surface area contributed by atoms with Crippen molar-refractivity contribution in [1.29, 1.82) is 0 Å². The minimum atomic E-state index is -0.0562. The number of aryl methyl sites for hydroxylation is 3. The molecule has 16 heteroatoms. The molecular weight excluding hydrogens is 887 g/mol. The van der Waals surface area contributed by atoms with Crippen molar-refractivity contribution in [3.05, 3.63) is 131 Å². The van der Waals surface area contributed by atoms with E-state index in [9.17, 15) is 4.79 Å². The lowest BCUT2D eigenvalue weighted by Gasteiger charge is -2.10. The van der Waals surface area contributed by atoms with Crippen molar-refractivity contribution in [3.8, 4) is 71.9 Å². The predicted molar refractivity (Wildman–Crippen MR) is 271 cm³/mol. The summed E-state index contributed by atoms with van der Waals surface area (Å²) in [7, 11) is 0. The van der Waals surface area contributed by atoms with Gasteiger partial charge in [0, 0.05) is 79.2 Å². The van der Waals surface area contributed by atoms with Crippen LogP contribution in [0.4, 0.5) is 5.69 Å². The monoisotopic (exact) mass is 928 g/mol. The molecule has 1 amide bonds. The highest BCUT2D eigenvalue weighted by atomic mass is 32.1. The van der Waals surface area contributed by atoms with Gasteiger partial charge in [-0.3, -0.25) is 19.9 Å². The molecule has 332 valence electrons. The lowest BCUT2D eigenvalue weighted by molar-refractivity contribution is -0.567. The number of fused-ring (bicyclic) bond motifs is 4. The number of hydrogen-bond acceptors (Lipinski definition) is 10. The van der Waals surface area contributed by atoms with Crippen molar-refractivity contribution >= 4 is 78.4 Å². The molecule has 10 aromatic heterocycles. The number of benzene rings is 2. The summed E-state index contributed by atoms with van der Waals surface area (Å²) in [6, 6.07) is 27.1. The second-order valence-corrected chi connectivity index (χ2v) is 20.0. The van der Waals surface area contributed by atoms with Gasteiger partial charge in [0.1, 0.15) is 17.3 Å². The van der Waals surface area contributed by atoms with Gasteiger partial charge in [0.05, 0.1) is 44.2 Å². The fraction of sp³-hybridized carbons (Fsp3) is 0.135. The summed E-state index contributed by atoms with van der Waals surface area (Å²) >= 11 is 3.44. The molecule has 0 saturated carbocycles. The smallest absolute Gasteiger partial charge is 0.314 e. The van der Waals surface area contributed by atoms with Gasteiger partial charge in [0.15, 0.2) is 28.7 Å². The van der Waals surface area contributed by atoms with Gasteiger partial charge < -0.3 is 15.3 Å². The second kappa shape index (κ2) is 16.3. The number of pyridine rings is 4. The van der Waals surface area contributed by atoms with Crippen LogP contribution in [0.3, 0.4) is 0 Å². The van der Waals surface area contributed by atoms with E-state index in [1.54, 1.807) is 35.1 Å². The van der Waals surface area contributed by atoms with Crippen LogP contribution < -0.4 is 9.88 Å². The average molecular weight is 929 g/mol. The minimum absolute atomic E-state index is 0.0562. The third-order valence-corrected chi connectivity index (χ3v) is 14.2. The highest BCUT2D eigenvalue weighted by molar-refractivity contribution is 7.16. The number of aromatic nitrogens is 12. The van der Waals surface area contributed by atoms with Crippen molar-refractivity contribution in [2.45, 2.75) is 41.0 Å². The quantitative estimate of drug-likeness (QED) is 0.0838. The number of carbonyl (C=O) groups is 1. The Bertz CT molecular complexity index is 3940. The zero-order chi connectivity index (χ0) is 46.2. The minimum Gasteiger partial charge on any atom is -0.337 e. The highest BCUT2D eigenvalue weighted by Gasteiger charge is 2.28. The Labute approximate surface area is 396 Å². The van der Waals surface area contributed by atoms with Crippen LogP contribution in [0.5, 0.6) is 0 Å². The van der Waals surface area contributed by atoms with Crippen LogP contribution in [0.1, 0.15) is 35.6 Å². The van der Waals surface area contributed by atoms with E-state index in [0.29, 0.717) is 40.8 Å². The standard InChI is InChI=1S/C52H41N13OS2/c1-26(2)16-43(66)56-33-18-30(21-54-23-33)32-20-37-47(51-57-39-10-6-8-34(44(39)59-51)42-13-12-28(4)67-42)62-64-52(37)65(25-32)41-17-29(5)68-48(41)35-9-7-11-40-45(35)60-50(58-40)46-36-19-31(22-55-49(36)63-61-46)38-24-53-15-14-27(38)3/h6-15,17-26H,16H2,1-5H3,(H4,55,56,57,58,59,60,61,62,63,66)/p+1. The molecule has 12 aromatic rings. The summed E-state index contributed by atoms with van der Waals surface area (Å²) in [5.41, 5.74) is 14.6. The van der Waals surface area contributed by atoms with Gasteiger partial charge in [0.2, 0.25) is 5.91 Å². The van der Waals surface area contributed by atoms with Crippen LogP contribution in [-0.2, 0) is 4.79 Å². The van der Waals surface area contributed by atoms with E-state index in [-0.39, 0.29) is 11.8 Å². The molecular formula is C52H42N13OS2+. The zero-order valence-electron chi connectivity index (χ0n) is 37.6. The van der Waals surface area contributed by atoms with Crippen molar-refractivity contribution in [1.82, 2.24) is 55.3 Å². The van der Waals surface area contributed by atoms with Gasteiger partial charge in [-0.25, -0.2) is 15.0 Å². The largest absolute Gasteiger partial charge is 0.337 e. The summed E-state index contributed by atoms with van der Waals surface area (Å²) in [6.45, 7) is 10.4. The number of anilines is 1. The topological polar surface area (TPSA) is 186 Å². The summed E-state index contributed by atoms with van der Waals surface area (Å²) in [5, 5.41) is 21.0. The molecule has 0 aliphatic heterocycles. The molecule has 14 nitrogen and oxygen atoms in total. The summed E-state index contributed by atoms with van der Waals surface area (Å²) in [5.74, 6) is 1.43. The molecule has 0 atom stereocenters. The first-order valence-electron chi connectivity index (χ1n) is 22.2. The normalized spacial score (nSPS) is 11.9. The van der Waals surface area contributed by atoms with Gasteiger partial charge in [-0.05, 0) is 86.8 Å². The Morgan fingerprint density at radius 1 is 0.706 bits per heavy atom. The number of nitrogens with zero attached hydrogens (tertiary/aromatic N) is 8. The first-order chi connectivity index (χ1) is 33.1. The van der Waals surface area contributed by atoms with Crippen molar-refractivity contribution < 1.29 is 9.36 Å².